The molecule has 2 N–H and O–H groups in total. The number of hydrogen-bond donors (Lipinski definition) is 1. The smallest absolute Gasteiger partial charge is 0.229 e. The van der Waals surface area contributed by atoms with Gasteiger partial charge in [0.05, 0.1) is 9.77 Å². The van der Waals surface area contributed by atoms with Gasteiger partial charge >= 0.3 is 0 Å². The van der Waals surface area contributed by atoms with Crippen LogP contribution in [0.1, 0.15) is 6.42 Å². The van der Waals surface area contributed by atoms with Crippen LogP contribution in [-0.2, 0) is 4.79 Å². The zero-order chi connectivity index (χ0) is 11.0. The van der Waals surface area contributed by atoms with Gasteiger partial charge in [-0.25, -0.2) is 9.37 Å². The van der Waals surface area contributed by atoms with Gasteiger partial charge in [-0.2, -0.15) is 0 Å². The van der Waals surface area contributed by atoms with Gasteiger partial charge in [-0.15, -0.1) is 0 Å². The average Bonchev–Trinajstić information content (AvgIpc) is 2.45. The van der Waals surface area contributed by atoms with E-state index in [1.165, 1.54) is 11.0 Å². The Labute approximate surface area is 99.8 Å². The van der Waals surface area contributed by atoms with Gasteiger partial charge in [-0.3, -0.25) is 9.69 Å². The lowest BCUT2D eigenvalue weighted by Gasteiger charge is -2.16. The summed E-state index contributed by atoms with van der Waals surface area (Å²) in [6, 6.07) is 1.19. The summed E-state index contributed by atoms with van der Waals surface area (Å²) in [6.07, 6.45) is 1.43. The second-order valence-electron chi connectivity index (χ2n) is 3.43. The first-order chi connectivity index (χ1) is 7.08. The van der Waals surface area contributed by atoms with E-state index in [-0.39, 0.29) is 11.9 Å². The third-order valence-corrected chi connectivity index (χ3v) is 2.99. The third-order valence-electron chi connectivity index (χ3n) is 2.20. The largest absolute Gasteiger partial charge is 0.326 e. The van der Waals surface area contributed by atoms with Crippen molar-refractivity contribution in [2.75, 3.05) is 11.4 Å². The minimum Gasteiger partial charge on any atom is -0.326 e. The molecule has 1 fully saturated rings. The lowest BCUT2D eigenvalue weighted by molar-refractivity contribution is -0.117. The van der Waals surface area contributed by atoms with Crippen LogP contribution in [0, 0.1) is 9.39 Å². The average molecular weight is 321 g/mol. The molecule has 4 nitrogen and oxygen atoms in total. The van der Waals surface area contributed by atoms with Crippen LogP contribution >= 0.6 is 22.6 Å². The van der Waals surface area contributed by atoms with Gasteiger partial charge in [-0.05, 0) is 28.7 Å². The number of nitrogens with zero attached hydrogens (tertiary/aromatic N) is 2. The SMILES string of the molecule is NC1CC(=O)N(c2ncc(F)cc2I)C1. The minimum atomic E-state index is -0.404. The Morgan fingerprint density at radius 3 is 2.93 bits per heavy atom. The number of carbonyl (C=O) groups excluding carboxylic acids is 1. The molecular formula is C9H9FIN3O. The lowest BCUT2D eigenvalue weighted by Crippen LogP contribution is -2.29. The number of hydrogen-bond acceptors (Lipinski definition) is 3. The summed E-state index contributed by atoms with van der Waals surface area (Å²) in [6.45, 7) is 0.452. The van der Waals surface area contributed by atoms with E-state index in [1.54, 1.807) is 0 Å². The van der Waals surface area contributed by atoms with Crippen molar-refractivity contribution in [3.63, 3.8) is 0 Å². The molecule has 0 spiro atoms. The van der Waals surface area contributed by atoms with Crippen molar-refractivity contribution in [3.05, 3.63) is 21.7 Å². The maximum atomic E-state index is 12.8. The van der Waals surface area contributed by atoms with E-state index in [9.17, 15) is 9.18 Å². The van der Waals surface area contributed by atoms with Crippen molar-refractivity contribution in [1.82, 2.24) is 4.98 Å². The van der Waals surface area contributed by atoms with Crippen LogP contribution in [0.15, 0.2) is 12.3 Å². The molecule has 0 aromatic carbocycles. The van der Waals surface area contributed by atoms with E-state index >= 15 is 0 Å². The van der Waals surface area contributed by atoms with Gasteiger partial charge in [0, 0.05) is 19.0 Å². The fourth-order valence-electron chi connectivity index (χ4n) is 1.55. The van der Waals surface area contributed by atoms with Crippen LogP contribution in [-0.4, -0.2) is 23.5 Å². The predicted octanol–water partition coefficient (Wildman–Crippen LogP) is 0.889. The van der Waals surface area contributed by atoms with E-state index in [2.05, 4.69) is 4.98 Å². The van der Waals surface area contributed by atoms with Gasteiger partial charge in [0.15, 0.2) is 0 Å². The van der Waals surface area contributed by atoms with E-state index < -0.39 is 5.82 Å². The first-order valence-corrected chi connectivity index (χ1v) is 5.53. The van der Waals surface area contributed by atoms with Crippen LogP contribution in [0.4, 0.5) is 10.2 Å². The molecule has 0 radical (unpaired) electrons. The number of anilines is 1. The highest BCUT2D eigenvalue weighted by atomic mass is 127. The first-order valence-electron chi connectivity index (χ1n) is 4.45. The number of aromatic nitrogens is 1. The molecule has 1 aliphatic heterocycles. The molecule has 1 amide bonds. The maximum Gasteiger partial charge on any atom is 0.229 e. The molecular weight excluding hydrogens is 312 g/mol. The normalized spacial score (nSPS) is 21.1. The Balaban J connectivity index is 2.34. The molecule has 6 heteroatoms. The van der Waals surface area contributed by atoms with Gasteiger partial charge in [0.2, 0.25) is 5.91 Å². The van der Waals surface area contributed by atoms with Gasteiger partial charge in [-0.1, -0.05) is 0 Å². The summed E-state index contributed by atoms with van der Waals surface area (Å²) in [5, 5.41) is 0. The lowest BCUT2D eigenvalue weighted by atomic mass is 10.3. The monoisotopic (exact) mass is 321 g/mol. The van der Waals surface area contributed by atoms with Crippen LogP contribution < -0.4 is 10.6 Å². The second-order valence-corrected chi connectivity index (χ2v) is 4.59. The standard InChI is InChI=1S/C9H9FIN3O/c10-5-1-7(11)9(13-3-5)14-4-6(12)2-8(14)15/h1,3,6H,2,4,12H2. The van der Waals surface area contributed by atoms with Gasteiger partial charge in [0.25, 0.3) is 0 Å². The Morgan fingerprint density at radius 1 is 1.67 bits per heavy atom. The Kier molecular flexibility index (Phi) is 2.87. The molecule has 0 aliphatic carbocycles. The Hall–Kier alpha value is -0.760. The molecule has 2 rings (SSSR count). The number of carbonyl (C=O) groups is 1. The second kappa shape index (κ2) is 4.01. The van der Waals surface area contributed by atoms with E-state index in [4.69, 9.17) is 5.73 Å². The molecule has 1 unspecified atom stereocenters. The molecule has 15 heavy (non-hydrogen) atoms. The van der Waals surface area contributed by atoms with Crippen LogP contribution in [0.2, 0.25) is 0 Å². The molecule has 0 bridgehead atoms. The summed E-state index contributed by atoms with van der Waals surface area (Å²) in [5.41, 5.74) is 5.67. The molecule has 80 valence electrons. The van der Waals surface area contributed by atoms with Gasteiger partial charge < -0.3 is 5.73 Å². The van der Waals surface area contributed by atoms with Crippen molar-refractivity contribution in [2.45, 2.75) is 12.5 Å². The minimum absolute atomic E-state index is 0.0560. The van der Waals surface area contributed by atoms with Crippen molar-refractivity contribution in [2.24, 2.45) is 5.73 Å². The van der Waals surface area contributed by atoms with Crippen LogP contribution in [0.5, 0.6) is 0 Å². The van der Waals surface area contributed by atoms with E-state index in [0.29, 0.717) is 22.4 Å². The van der Waals surface area contributed by atoms with Crippen molar-refractivity contribution in [3.8, 4) is 0 Å². The zero-order valence-corrected chi connectivity index (χ0v) is 9.94. The molecule has 1 aliphatic rings. The highest BCUT2D eigenvalue weighted by Gasteiger charge is 2.30. The quantitative estimate of drug-likeness (QED) is 0.782. The fraction of sp³-hybridized carbons (Fsp3) is 0.333. The Bertz CT molecular complexity index is 412. The van der Waals surface area contributed by atoms with Crippen molar-refractivity contribution < 1.29 is 9.18 Å². The highest BCUT2D eigenvalue weighted by Crippen LogP contribution is 2.24. The van der Waals surface area contributed by atoms with Crippen molar-refractivity contribution >= 4 is 34.3 Å². The predicted molar refractivity (Wildman–Crippen MR) is 61.9 cm³/mol. The maximum absolute atomic E-state index is 12.8. The third kappa shape index (κ3) is 2.10. The van der Waals surface area contributed by atoms with E-state index in [0.717, 1.165) is 6.20 Å². The number of pyridine rings is 1. The molecule has 1 aromatic rings. The molecule has 0 saturated carbocycles. The zero-order valence-electron chi connectivity index (χ0n) is 7.78. The molecule has 1 aromatic heterocycles. The van der Waals surface area contributed by atoms with Gasteiger partial charge in [0.1, 0.15) is 11.6 Å². The number of amides is 1. The molecule has 1 atom stereocenters. The van der Waals surface area contributed by atoms with Crippen molar-refractivity contribution in [1.29, 1.82) is 0 Å². The summed E-state index contributed by atoms with van der Waals surface area (Å²) < 4.78 is 13.4. The first kappa shape index (κ1) is 10.7. The molecule has 2 heterocycles. The summed E-state index contributed by atoms with van der Waals surface area (Å²) in [7, 11) is 0. The number of halogens is 2. The summed E-state index contributed by atoms with van der Waals surface area (Å²) in [5.74, 6) is 0.0357. The fourth-order valence-corrected chi connectivity index (χ4v) is 2.27. The summed E-state index contributed by atoms with van der Waals surface area (Å²) >= 11 is 1.96. The van der Waals surface area contributed by atoms with E-state index in [1.807, 2.05) is 22.6 Å². The molecule has 1 saturated heterocycles. The summed E-state index contributed by atoms with van der Waals surface area (Å²) in [4.78, 5) is 16.9. The number of rotatable bonds is 1. The topological polar surface area (TPSA) is 59.2 Å². The number of nitrogens with two attached hydrogens (primary N) is 1. The Morgan fingerprint density at radius 2 is 2.40 bits per heavy atom. The highest BCUT2D eigenvalue weighted by molar-refractivity contribution is 14.1. The van der Waals surface area contributed by atoms with Crippen LogP contribution in [0.3, 0.4) is 0 Å². The van der Waals surface area contributed by atoms with Crippen LogP contribution in [0.25, 0.3) is 0 Å².